The Hall–Kier alpha value is -0.120. The molecule has 2 N–H and O–H groups in total. The van der Waals surface area contributed by atoms with Crippen LogP contribution in [0.2, 0.25) is 0 Å². The molecule has 0 bridgehead atoms. The number of nitrogens with one attached hydrogen (secondary N) is 2. The molecule has 1 saturated carbocycles. The first-order valence-corrected chi connectivity index (χ1v) is 6.71. The zero-order valence-electron chi connectivity index (χ0n) is 10.7. The molecule has 16 heavy (non-hydrogen) atoms. The first kappa shape index (κ1) is 12.3. The molecule has 1 saturated heterocycles. The summed E-state index contributed by atoms with van der Waals surface area (Å²) in [4.78, 5) is 0. The van der Waals surface area contributed by atoms with Crippen LogP contribution in [0.4, 0.5) is 0 Å². The average molecular weight is 226 g/mol. The molecule has 2 rings (SSSR count). The van der Waals surface area contributed by atoms with Gasteiger partial charge in [-0.2, -0.15) is 0 Å². The van der Waals surface area contributed by atoms with Gasteiger partial charge in [-0.1, -0.05) is 13.8 Å². The normalized spacial score (nSPS) is 29.2. The van der Waals surface area contributed by atoms with E-state index in [0.717, 1.165) is 32.2 Å². The van der Waals surface area contributed by atoms with Gasteiger partial charge in [0.15, 0.2) is 0 Å². The summed E-state index contributed by atoms with van der Waals surface area (Å²) >= 11 is 0. The summed E-state index contributed by atoms with van der Waals surface area (Å²) in [6, 6.07) is 0. The van der Waals surface area contributed by atoms with Gasteiger partial charge in [-0.3, -0.25) is 0 Å². The van der Waals surface area contributed by atoms with Crippen LogP contribution in [0.1, 0.15) is 33.1 Å². The van der Waals surface area contributed by atoms with Gasteiger partial charge in [0.1, 0.15) is 0 Å². The lowest BCUT2D eigenvalue weighted by atomic mass is 10.1. The van der Waals surface area contributed by atoms with Crippen LogP contribution in [0.15, 0.2) is 0 Å². The summed E-state index contributed by atoms with van der Waals surface area (Å²) in [5.74, 6) is 0.895. The van der Waals surface area contributed by atoms with Crippen LogP contribution in [-0.2, 0) is 4.74 Å². The van der Waals surface area contributed by atoms with Crippen LogP contribution in [0.3, 0.4) is 0 Å². The van der Waals surface area contributed by atoms with Gasteiger partial charge < -0.3 is 15.4 Å². The smallest absolute Gasteiger partial charge is 0.0600 e. The molecule has 3 nitrogen and oxygen atoms in total. The van der Waals surface area contributed by atoms with Gasteiger partial charge in [-0.15, -0.1) is 0 Å². The quantitative estimate of drug-likeness (QED) is 0.672. The minimum absolute atomic E-state index is 0.500. The van der Waals surface area contributed by atoms with Gasteiger partial charge in [-0.25, -0.2) is 0 Å². The molecule has 1 unspecified atom stereocenters. The fourth-order valence-corrected chi connectivity index (χ4v) is 2.46. The van der Waals surface area contributed by atoms with Crippen molar-refractivity contribution in [2.75, 3.05) is 32.8 Å². The van der Waals surface area contributed by atoms with Gasteiger partial charge in [0.2, 0.25) is 0 Å². The minimum Gasteiger partial charge on any atom is -0.377 e. The van der Waals surface area contributed by atoms with E-state index in [-0.39, 0.29) is 0 Å². The highest BCUT2D eigenvalue weighted by Crippen LogP contribution is 2.50. The van der Waals surface area contributed by atoms with E-state index in [0.29, 0.717) is 11.5 Å². The summed E-state index contributed by atoms with van der Waals surface area (Å²) in [6.45, 7) is 10.00. The molecule has 2 aliphatic rings. The Bertz CT molecular complexity index is 212. The topological polar surface area (TPSA) is 33.3 Å². The van der Waals surface area contributed by atoms with Gasteiger partial charge in [0.25, 0.3) is 0 Å². The van der Waals surface area contributed by atoms with E-state index >= 15 is 0 Å². The zero-order chi connectivity index (χ0) is 11.4. The Morgan fingerprint density at radius 2 is 2.00 bits per heavy atom. The van der Waals surface area contributed by atoms with Crippen molar-refractivity contribution in [2.45, 2.75) is 39.2 Å². The molecular weight excluding hydrogens is 200 g/mol. The maximum Gasteiger partial charge on any atom is 0.0600 e. The average Bonchev–Trinajstić information content (AvgIpc) is 2.87. The lowest BCUT2D eigenvalue weighted by Gasteiger charge is -2.23. The molecule has 3 heteroatoms. The van der Waals surface area contributed by atoms with E-state index in [9.17, 15) is 0 Å². The monoisotopic (exact) mass is 226 g/mol. The van der Waals surface area contributed by atoms with E-state index in [4.69, 9.17) is 4.74 Å². The van der Waals surface area contributed by atoms with E-state index in [2.05, 4.69) is 24.5 Å². The fraction of sp³-hybridized carbons (Fsp3) is 1.00. The Balaban J connectivity index is 1.43. The van der Waals surface area contributed by atoms with E-state index in [1.807, 2.05) is 0 Å². The highest BCUT2D eigenvalue weighted by atomic mass is 16.5. The molecule has 0 radical (unpaired) electrons. The summed E-state index contributed by atoms with van der Waals surface area (Å²) in [6.07, 6.45) is 4.24. The molecule has 0 aromatic heterocycles. The van der Waals surface area contributed by atoms with E-state index < -0.39 is 0 Å². The standard InChI is InChI=1S/C13H26N2O/c1-13(2)9-11(13)10-15-7-8-16-12-3-5-14-6-4-12/h11-12,14-15H,3-10H2,1-2H3. The Labute approximate surface area is 99.3 Å². The SMILES string of the molecule is CC1(C)CC1CNCCOC1CCNCC1. The molecule has 0 aromatic rings. The van der Waals surface area contributed by atoms with Crippen molar-refractivity contribution < 1.29 is 4.74 Å². The second-order valence-corrected chi connectivity index (χ2v) is 5.91. The molecule has 1 aliphatic heterocycles. The Morgan fingerprint density at radius 3 is 2.62 bits per heavy atom. The highest BCUT2D eigenvalue weighted by molar-refractivity contribution is 4.95. The van der Waals surface area contributed by atoms with Crippen LogP contribution < -0.4 is 10.6 Å². The first-order valence-electron chi connectivity index (χ1n) is 6.71. The largest absolute Gasteiger partial charge is 0.377 e. The molecule has 2 fully saturated rings. The van der Waals surface area contributed by atoms with Crippen molar-refractivity contribution >= 4 is 0 Å². The second-order valence-electron chi connectivity index (χ2n) is 5.91. The number of rotatable bonds is 6. The van der Waals surface area contributed by atoms with Crippen molar-refractivity contribution in [2.24, 2.45) is 11.3 Å². The van der Waals surface area contributed by atoms with Crippen LogP contribution >= 0.6 is 0 Å². The third-order valence-corrected chi connectivity index (χ3v) is 4.03. The molecular formula is C13H26N2O. The Morgan fingerprint density at radius 1 is 1.31 bits per heavy atom. The van der Waals surface area contributed by atoms with Gasteiger partial charge in [-0.05, 0) is 50.2 Å². The highest BCUT2D eigenvalue weighted by Gasteiger charge is 2.44. The van der Waals surface area contributed by atoms with Crippen molar-refractivity contribution in [3.63, 3.8) is 0 Å². The van der Waals surface area contributed by atoms with E-state index in [1.54, 1.807) is 0 Å². The van der Waals surface area contributed by atoms with Crippen molar-refractivity contribution in [1.29, 1.82) is 0 Å². The maximum atomic E-state index is 5.83. The number of hydrogen-bond donors (Lipinski definition) is 2. The van der Waals surface area contributed by atoms with Crippen molar-refractivity contribution in [3.8, 4) is 0 Å². The van der Waals surface area contributed by atoms with Crippen LogP contribution in [0, 0.1) is 11.3 Å². The first-order chi connectivity index (χ1) is 7.68. The van der Waals surface area contributed by atoms with Gasteiger partial charge >= 0.3 is 0 Å². The van der Waals surface area contributed by atoms with Crippen LogP contribution in [-0.4, -0.2) is 38.9 Å². The van der Waals surface area contributed by atoms with Crippen molar-refractivity contribution in [3.05, 3.63) is 0 Å². The molecule has 94 valence electrons. The third-order valence-electron chi connectivity index (χ3n) is 4.03. The second kappa shape index (κ2) is 5.48. The molecule has 0 spiro atoms. The van der Waals surface area contributed by atoms with Gasteiger partial charge in [0, 0.05) is 6.54 Å². The number of ether oxygens (including phenoxy) is 1. The molecule has 1 heterocycles. The molecule has 0 aromatic carbocycles. The number of piperidine rings is 1. The molecule has 1 atom stereocenters. The van der Waals surface area contributed by atoms with Gasteiger partial charge in [0.05, 0.1) is 12.7 Å². The summed E-state index contributed by atoms with van der Waals surface area (Å²) < 4.78 is 5.83. The summed E-state index contributed by atoms with van der Waals surface area (Å²) in [7, 11) is 0. The predicted octanol–water partition coefficient (Wildman–Crippen LogP) is 1.39. The molecule has 0 amide bonds. The van der Waals surface area contributed by atoms with Crippen molar-refractivity contribution in [1.82, 2.24) is 10.6 Å². The minimum atomic E-state index is 0.500. The van der Waals surface area contributed by atoms with Crippen LogP contribution in [0.25, 0.3) is 0 Å². The number of hydrogen-bond acceptors (Lipinski definition) is 3. The van der Waals surface area contributed by atoms with Crippen LogP contribution in [0.5, 0.6) is 0 Å². The third kappa shape index (κ3) is 3.72. The maximum absolute atomic E-state index is 5.83. The molecule has 1 aliphatic carbocycles. The lowest BCUT2D eigenvalue weighted by molar-refractivity contribution is 0.0347. The lowest BCUT2D eigenvalue weighted by Crippen LogP contribution is -2.34. The zero-order valence-corrected chi connectivity index (χ0v) is 10.7. The fourth-order valence-electron chi connectivity index (χ4n) is 2.46. The Kier molecular flexibility index (Phi) is 4.22. The predicted molar refractivity (Wildman–Crippen MR) is 66.6 cm³/mol. The summed E-state index contributed by atoms with van der Waals surface area (Å²) in [5, 5.41) is 6.85. The van der Waals surface area contributed by atoms with E-state index in [1.165, 1.54) is 25.8 Å². The summed E-state index contributed by atoms with van der Waals surface area (Å²) in [5.41, 5.74) is 0.600.